The minimum absolute atomic E-state index is 0.0119. The van der Waals surface area contributed by atoms with Gasteiger partial charge in [0.15, 0.2) is 0 Å². The van der Waals surface area contributed by atoms with E-state index in [9.17, 15) is 61.8 Å². The van der Waals surface area contributed by atoms with Gasteiger partial charge in [-0.25, -0.2) is 0 Å². The molecule has 3 aliphatic rings. The number of fused-ring (bicyclic) bond motifs is 1. The van der Waals surface area contributed by atoms with E-state index in [1.165, 1.54) is 26.8 Å². The van der Waals surface area contributed by atoms with Crippen molar-refractivity contribution in [2.24, 2.45) is 15.8 Å². The van der Waals surface area contributed by atoms with E-state index in [1.807, 2.05) is 58.2 Å². The predicted octanol–water partition coefficient (Wildman–Crippen LogP) is 8.53. The maximum atomic E-state index is 14.6. The first-order chi connectivity index (χ1) is 39.4. The molecule has 2 saturated heterocycles. The van der Waals surface area contributed by atoms with Crippen molar-refractivity contribution in [3.63, 3.8) is 0 Å². The molecule has 0 saturated carbocycles. The maximum absolute atomic E-state index is 14.6. The van der Waals surface area contributed by atoms with Crippen LogP contribution in [0.15, 0.2) is 88.0 Å². The second-order valence-corrected chi connectivity index (χ2v) is 27.5. The quantitative estimate of drug-likeness (QED) is 0.0273. The number of carbonyl (C=O) groups excluding carboxylic acids is 7. The number of amides is 7. The maximum Gasteiger partial charge on any atom is 0.399 e. The van der Waals surface area contributed by atoms with E-state index in [4.69, 9.17) is 0 Å². The Bertz CT molecular complexity index is 3210. The van der Waals surface area contributed by atoms with Crippen molar-refractivity contribution < 1.29 is 61.8 Å². The average Bonchev–Trinajstić information content (AvgIpc) is 2.56. The van der Waals surface area contributed by atoms with Gasteiger partial charge in [-0.15, -0.1) is 11.3 Å². The number of anilines is 1. The van der Waals surface area contributed by atoms with E-state index in [2.05, 4.69) is 42.2 Å². The molecule has 454 valence electrons. The lowest BCUT2D eigenvalue weighted by atomic mass is 9.85. The van der Waals surface area contributed by atoms with Crippen molar-refractivity contribution in [1.29, 1.82) is 0 Å². The molecule has 4 heterocycles. The van der Waals surface area contributed by atoms with E-state index in [0.717, 1.165) is 56.8 Å². The van der Waals surface area contributed by atoms with Crippen LogP contribution in [-0.2, 0) is 45.5 Å². The van der Waals surface area contributed by atoms with Gasteiger partial charge in [0.05, 0.1) is 11.0 Å². The number of unbranched alkanes of at least 4 members (excludes halogenated alkanes) is 3. The van der Waals surface area contributed by atoms with Crippen molar-refractivity contribution in [3.8, 4) is 0 Å². The SMILES string of the molecule is CC1=C(c2ccc(CNC(=O)[C@@H]3C[C@@H](O)CN3C(=O)[C@@H](NC(=O)CCCCCCNC(=O)CCN(C(=O)[C@@H]3CCCN3C(=O)[C@@H](NC(=O)c3cc4cc(C(F)(F)P(=O)(O)O)ccc4s3)C(C)(C)C)c3ccc(Br)cc3)C(C)(C)C)cc2)CC=N1. The van der Waals surface area contributed by atoms with Gasteiger partial charge >= 0.3 is 13.3 Å². The van der Waals surface area contributed by atoms with E-state index in [1.54, 1.807) is 45.0 Å². The second-order valence-electron chi connectivity index (χ2n) is 23.9. The number of carbonyl (C=O) groups is 7. The number of aliphatic hydroxyl groups excluding tert-OH is 1. The first-order valence-electron chi connectivity index (χ1n) is 28.2. The van der Waals surface area contributed by atoms with Crippen molar-refractivity contribution in [3.05, 3.63) is 105 Å². The lowest BCUT2D eigenvalue weighted by molar-refractivity contribution is -0.144. The Morgan fingerprint density at radius 1 is 0.810 bits per heavy atom. The number of hydrogen-bond acceptors (Lipinski definition) is 11. The first kappa shape index (κ1) is 65.3. The summed E-state index contributed by atoms with van der Waals surface area (Å²) in [6.07, 6.45) is 5.18. The van der Waals surface area contributed by atoms with Crippen LogP contribution in [-0.4, -0.2) is 129 Å². The number of nitrogens with one attached hydrogen (secondary N) is 4. The van der Waals surface area contributed by atoms with Crippen molar-refractivity contribution in [2.75, 3.05) is 31.1 Å². The zero-order valence-corrected chi connectivity index (χ0v) is 51.7. The van der Waals surface area contributed by atoms with Gasteiger partial charge < -0.3 is 50.9 Å². The number of hydrogen-bond donors (Lipinski definition) is 7. The molecule has 4 aromatic rings. The number of β-amino-alcohol motifs (C(OH)–C–C–N with tert-alkyl or cyclic N) is 1. The highest BCUT2D eigenvalue weighted by molar-refractivity contribution is 9.10. The van der Waals surface area contributed by atoms with E-state index in [0.29, 0.717) is 55.5 Å². The molecule has 5 atom stereocenters. The topological polar surface area (TPSA) is 267 Å². The Labute approximate surface area is 500 Å². The van der Waals surface area contributed by atoms with Crippen LogP contribution in [0.25, 0.3) is 15.7 Å². The molecule has 24 heteroatoms. The molecular weight excluding hydrogens is 1190 g/mol. The van der Waals surface area contributed by atoms with E-state index >= 15 is 0 Å². The molecule has 1 aromatic heterocycles. The van der Waals surface area contributed by atoms with Gasteiger partial charge in [0.1, 0.15) is 24.2 Å². The van der Waals surface area contributed by atoms with Crippen molar-refractivity contribution in [1.82, 2.24) is 31.1 Å². The van der Waals surface area contributed by atoms with Crippen molar-refractivity contribution >= 4 is 104 Å². The molecule has 0 aliphatic carbocycles. The number of rotatable bonds is 23. The van der Waals surface area contributed by atoms with Gasteiger partial charge in [-0.2, -0.15) is 8.78 Å². The van der Waals surface area contributed by atoms with Gasteiger partial charge in [-0.1, -0.05) is 101 Å². The summed E-state index contributed by atoms with van der Waals surface area (Å²) in [5, 5.41) is 22.4. The highest BCUT2D eigenvalue weighted by Gasteiger charge is 2.51. The minimum Gasteiger partial charge on any atom is -0.391 e. The molecule has 0 radical (unpaired) electrons. The van der Waals surface area contributed by atoms with Crippen molar-refractivity contribution in [2.45, 2.75) is 155 Å². The molecule has 2 fully saturated rings. The fourth-order valence-electron chi connectivity index (χ4n) is 10.6. The number of benzene rings is 3. The molecule has 0 unspecified atom stereocenters. The second kappa shape index (κ2) is 27.4. The van der Waals surface area contributed by atoms with Crippen LogP contribution in [0, 0.1) is 10.8 Å². The Kier molecular flexibility index (Phi) is 21.3. The van der Waals surface area contributed by atoms with Gasteiger partial charge in [0.2, 0.25) is 35.4 Å². The average molecular weight is 1270 g/mol. The van der Waals surface area contributed by atoms with E-state index in [-0.39, 0.29) is 67.5 Å². The number of likely N-dealkylation sites (tertiary alicyclic amines) is 2. The summed E-state index contributed by atoms with van der Waals surface area (Å²) < 4.78 is 41.8. The third-order valence-electron chi connectivity index (χ3n) is 15.4. The molecule has 3 aliphatic heterocycles. The largest absolute Gasteiger partial charge is 0.399 e. The summed E-state index contributed by atoms with van der Waals surface area (Å²) >= 11 is 4.39. The lowest BCUT2D eigenvalue weighted by Crippen LogP contribution is -2.58. The predicted molar refractivity (Wildman–Crippen MR) is 322 cm³/mol. The fourth-order valence-corrected chi connectivity index (χ4v) is 12.3. The van der Waals surface area contributed by atoms with Crippen LogP contribution in [0.1, 0.15) is 139 Å². The summed E-state index contributed by atoms with van der Waals surface area (Å²) in [5.41, 5.74) is -2.38. The Morgan fingerprint density at radius 2 is 1.46 bits per heavy atom. The van der Waals surface area contributed by atoms with Gasteiger partial charge in [-0.05, 0) is 108 Å². The number of aliphatic imine (C=N–C) groups is 1. The fraction of sp³-hybridized carbons (Fsp3) is 0.500. The third-order valence-corrected chi connectivity index (χ3v) is 18.0. The van der Waals surface area contributed by atoms with Crippen LogP contribution in [0.3, 0.4) is 0 Å². The monoisotopic (exact) mass is 1260 g/mol. The molecular formula is C60H76BrF2N8O11PS. The summed E-state index contributed by atoms with van der Waals surface area (Å²) in [6.45, 7) is 13.5. The standard InChI is InChI=1S/C60H76BrF2N8O11PS/c1-36-44(25-28-64-36)38-17-15-37(16-18-38)34-66-53(75)46-33-43(72)35-71(46)57(79)51(58(2,3)4)67-50(74)14-10-8-9-11-27-65-49(73)26-30-69(42-22-20-41(61)21-23-42)55(77)45-13-12-29-70(45)56(78)52(59(5,6)7)68-54(76)48-32-39-31-40(19-24-47(39)84-48)60(62,63)83(80,81)82/h15-24,28,31-32,43,45-46,51-52,72H,8-14,25-27,29-30,33-35H2,1-7H3,(H,65,73)(H,66,75)(H,67,74)(H,68,76)(H2,80,81,82)/t43-,45+,46+,51-,52-/m1/s1. The molecule has 0 spiro atoms. The van der Waals surface area contributed by atoms with E-state index < -0.39 is 89.5 Å². The zero-order valence-electron chi connectivity index (χ0n) is 48.4. The smallest absolute Gasteiger partial charge is 0.391 e. The molecule has 0 bridgehead atoms. The molecule has 7 amide bonds. The minimum atomic E-state index is -5.84. The first-order valence-corrected chi connectivity index (χ1v) is 31.5. The van der Waals surface area contributed by atoms with Gasteiger partial charge in [0, 0.05) is 90.7 Å². The number of nitrogens with zero attached hydrogens (tertiary/aromatic N) is 4. The van der Waals surface area contributed by atoms with Crippen LogP contribution >= 0.6 is 34.9 Å². The van der Waals surface area contributed by atoms with Crippen LogP contribution in [0.5, 0.6) is 0 Å². The summed E-state index contributed by atoms with van der Waals surface area (Å²) in [5.74, 6) is -3.07. The lowest BCUT2D eigenvalue weighted by Gasteiger charge is -2.36. The molecule has 7 N–H and O–H groups in total. The summed E-state index contributed by atoms with van der Waals surface area (Å²) in [4.78, 5) is 125. The highest BCUT2D eigenvalue weighted by Crippen LogP contribution is 2.59. The Morgan fingerprint density at radius 3 is 2.11 bits per heavy atom. The third kappa shape index (κ3) is 16.2. The van der Waals surface area contributed by atoms with Crippen LogP contribution < -0.4 is 26.2 Å². The Hall–Kier alpha value is -6.23. The molecule has 84 heavy (non-hydrogen) atoms. The number of allylic oxidation sites excluding steroid dienone is 2. The Balaban J connectivity index is 0.871. The molecule has 3 aromatic carbocycles. The zero-order chi connectivity index (χ0) is 61.5. The summed E-state index contributed by atoms with van der Waals surface area (Å²) in [7, 11) is -5.84. The van der Waals surface area contributed by atoms with Gasteiger partial charge in [0.25, 0.3) is 5.91 Å². The number of thiophene rings is 1. The molecule has 7 rings (SSSR count). The number of alkyl halides is 2. The molecule has 19 nitrogen and oxygen atoms in total. The van der Waals surface area contributed by atoms with Crippen LogP contribution in [0.4, 0.5) is 14.5 Å². The highest BCUT2D eigenvalue weighted by atomic mass is 79.9. The van der Waals surface area contributed by atoms with Crippen LogP contribution in [0.2, 0.25) is 0 Å². The van der Waals surface area contributed by atoms with Gasteiger partial charge in [-0.3, -0.25) is 43.1 Å². The summed E-state index contributed by atoms with van der Waals surface area (Å²) in [6, 6.07) is 15.2. The normalized spacial score (nSPS) is 18.2. The number of halogens is 3. The number of aliphatic hydroxyl groups is 1.